The Balaban J connectivity index is 1.95. The lowest BCUT2D eigenvalue weighted by Crippen LogP contribution is -2.37. The standard InChI is InChI=1S/C29H42O6Si2/c1-8-9-10-11-12-13-14-27(32-34-28(30)23-15-19-25(20-16-23)36(2,3)4)33-35-29(31)24-17-21-26(22-18-24)37(5,6)7/h15-22H,1,8-14H2,2-7H3. The monoisotopic (exact) mass is 542 g/mol. The molecule has 0 aliphatic carbocycles. The summed E-state index contributed by atoms with van der Waals surface area (Å²) in [6, 6.07) is 14.7. The van der Waals surface area contributed by atoms with Crippen molar-refractivity contribution in [3.63, 3.8) is 0 Å². The summed E-state index contributed by atoms with van der Waals surface area (Å²) < 4.78 is 0. The van der Waals surface area contributed by atoms with E-state index in [2.05, 4.69) is 46.2 Å². The Morgan fingerprint density at radius 2 is 0.973 bits per heavy atom. The van der Waals surface area contributed by atoms with Crippen molar-refractivity contribution < 1.29 is 29.1 Å². The molecule has 0 N–H and O–H groups in total. The van der Waals surface area contributed by atoms with Crippen molar-refractivity contribution >= 4 is 38.5 Å². The van der Waals surface area contributed by atoms with Crippen LogP contribution < -0.4 is 10.4 Å². The largest absolute Gasteiger partial charge is 0.373 e. The fraction of sp³-hybridized carbons (Fsp3) is 0.448. The predicted molar refractivity (Wildman–Crippen MR) is 153 cm³/mol. The van der Waals surface area contributed by atoms with E-state index in [4.69, 9.17) is 19.6 Å². The van der Waals surface area contributed by atoms with E-state index in [1.807, 2.05) is 24.3 Å². The molecule has 0 unspecified atom stereocenters. The molecule has 8 heteroatoms. The normalized spacial score (nSPS) is 12.0. The molecule has 6 nitrogen and oxygen atoms in total. The number of hydrogen-bond donors (Lipinski definition) is 0. The molecule has 202 valence electrons. The molecule has 2 rings (SSSR count). The average molecular weight is 543 g/mol. The first-order valence-electron chi connectivity index (χ1n) is 13.1. The van der Waals surface area contributed by atoms with E-state index in [0.29, 0.717) is 17.5 Å². The number of carbonyl (C=O) groups excluding carboxylic acids is 2. The van der Waals surface area contributed by atoms with E-state index in [1.54, 1.807) is 24.3 Å². The van der Waals surface area contributed by atoms with Gasteiger partial charge in [-0.2, -0.15) is 0 Å². The van der Waals surface area contributed by atoms with Gasteiger partial charge in [-0.25, -0.2) is 9.59 Å². The van der Waals surface area contributed by atoms with Gasteiger partial charge in [-0.3, -0.25) is 9.78 Å². The summed E-state index contributed by atoms with van der Waals surface area (Å²) >= 11 is 0. The first-order valence-corrected chi connectivity index (χ1v) is 20.1. The third-order valence-corrected chi connectivity index (χ3v) is 10.2. The molecule has 0 atom stereocenters. The molecule has 0 heterocycles. The molecule has 0 amide bonds. The maximum absolute atomic E-state index is 12.5. The van der Waals surface area contributed by atoms with Crippen LogP contribution in [0.4, 0.5) is 0 Å². The minimum absolute atomic E-state index is 0.0729. The third kappa shape index (κ3) is 10.9. The molecule has 0 fully saturated rings. The molecule has 0 bridgehead atoms. The van der Waals surface area contributed by atoms with Crippen molar-refractivity contribution in [2.75, 3.05) is 0 Å². The lowest BCUT2D eigenvalue weighted by atomic mass is 10.1. The van der Waals surface area contributed by atoms with Crippen LogP contribution in [0.5, 0.6) is 0 Å². The van der Waals surface area contributed by atoms with Crippen LogP contribution in [0.1, 0.15) is 65.7 Å². The van der Waals surface area contributed by atoms with E-state index in [1.165, 1.54) is 10.4 Å². The van der Waals surface area contributed by atoms with Gasteiger partial charge in [0.15, 0.2) is 0 Å². The molecule has 2 aromatic rings. The highest BCUT2D eigenvalue weighted by Crippen LogP contribution is 2.19. The van der Waals surface area contributed by atoms with Crippen LogP contribution in [0.2, 0.25) is 39.3 Å². The molecule has 0 spiro atoms. The van der Waals surface area contributed by atoms with Crippen LogP contribution in [0.15, 0.2) is 48.5 Å². The molecule has 0 saturated carbocycles. The first kappa shape index (κ1) is 31.0. The van der Waals surface area contributed by atoms with Gasteiger partial charge in [-0.15, -0.1) is 9.78 Å². The minimum atomic E-state index is -1.47. The van der Waals surface area contributed by atoms with Crippen molar-refractivity contribution in [3.8, 4) is 0 Å². The fourth-order valence-electron chi connectivity index (χ4n) is 3.55. The summed E-state index contributed by atoms with van der Waals surface area (Å²) in [4.78, 5) is 45.5. The Morgan fingerprint density at radius 1 is 0.595 bits per heavy atom. The van der Waals surface area contributed by atoms with Crippen LogP contribution in [0.25, 0.3) is 0 Å². The topological polar surface area (TPSA) is 71.1 Å². The van der Waals surface area contributed by atoms with Crippen molar-refractivity contribution in [1.82, 2.24) is 0 Å². The minimum Gasteiger partial charge on any atom is -0.289 e. The molecular formula is C29H42O6Si2. The Hall–Kier alpha value is -2.27. The number of benzene rings is 2. The second-order valence-corrected chi connectivity index (χ2v) is 21.5. The Bertz CT molecular complexity index is 902. The summed E-state index contributed by atoms with van der Waals surface area (Å²) in [6.07, 6.45) is 6.09. The third-order valence-electron chi connectivity index (χ3n) is 6.02. The average Bonchev–Trinajstić information content (AvgIpc) is 2.86. The maximum Gasteiger partial charge on any atom is 0.373 e. The highest BCUT2D eigenvalue weighted by atomic mass is 28.3. The molecule has 37 heavy (non-hydrogen) atoms. The van der Waals surface area contributed by atoms with Crippen LogP contribution in [-0.2, 0) is 19.6 Å². The van der Waals surface area contributed by atoms with Gasteiger partial charge in [0.05, 0.1) is 27.3 Å². The molecule has 0 aromatic heterocycles. The number of rotatable bonds is 15. The van der Waals surface area contributed by atoms with Gasteiger partial charge < -0.3 is 0 Å². The second-order valence-electron chi connectivity index (χ2n) is 11.3. The summed E-state index contributed by atoms with van der Waals surface area (Å²) in [6.45, 7) is 17.3. The lowest BCUT2D eigenvalue weighted by molar-refractivity contribution is -0.363. The van der Waals surface area contributed by atoms with E-state index in [9.17, 15) is 9.59 Å². The Kier molecular flexibility index (Phi) is 12.2. The van der Waals surface area contributed by atoms with E-state index in [-0.39, 0.29) is 6.29 Å². The first-order chi connectivity index (χ1) is 17.4. The lowest BCUT2D eigenvalue weighted by Gasteiger charge is -2.17. The zero-order valence-corrected chi connectivity index (χ0v) is 25.2. The smallest absolute Gasteiger partial charge is 0.289 e. The number of carbonyl (C=O) groups is 2. The molecule has 0 aliphatic heterocycles. The SMILES string of the molecule is [CH2]CCCCCCC[C](OOC(=O)c1ccc([Si](C)(C)C)cc1)OOC(=O)c1ccc([Si](C)(C)C)cc1. The Labute approximate surface area is 224 Å². The fourth-order valence-corrected chi connectivity index (χ4v) is 5.88. The highest BCUT2D eigenvalue weighted by Gasteiger charge is 2.23. The van der Waals surface area contributed by atoms with E-state index in [0.717, 1.165) is 38.5 Å². The number of unbranched alkanes of at least 4 members (excludes halogenated alkanes) is 5. The molecule has 2 aromatic carbocycles. The quantitative estimate of drug-likeness (QED) is 0.108. The van der Waals surface area contributed by atoms with Crippen molar-refractivity contribution in [2.45, 2.75) is 84.2 Å². The van der Waals surface area contributed by atoms with E-state index >= 15 is 0 Å². The summed E-state index contributed by atoms with van der Waals surface area (Å²) in [7, 11) is -2.95. The van der Waals surface area contributed by atoms with Crippen molar-refractivity contribution in [1.29, 1.82) is 0 Å². The van der Waals surface area contributed by atoms with Gasteiger partial charge in [0, 0.05) is 6.42 Å². The van der Waals surface area contributed by atoms with Crippen LogP contribution in [-0.4, -0.2) is 28.1 Å². The van der Waals surface area contributed by atoms with Gasteiger partial charge in [0.1, 0.15) is 0 Å². The predicted octanol–water partition coefficient (Wildman–Crippen LogP) is 6.71. The van der Waals surface area contributed by atoms with Gasteiger partial charge >= 0.3 is 18.2 Å². The summed E-state index contributed by atoms with van der Waals surface area (Å²) in [5, 5.41) is 2.48. The van der Waals surface area contributed by atoms with Crippen LogP contribution in [0.3, 0.4) is 0 Å². The molecular weight excluding hydrogens is 500 g/mol. The highest BCUT2D eigenvalue weighted by molar-refractivity contribution is 6.89. The van der Waals surface area contributed by atoms with Gasteiger partial charge in [-0.05, 0) is 30.7 Å². The van der Waals surface area contributed by atoms with Gasteiger partial charge in [0.2, 0.25) is 0 Å². The maximum atomic E-state index is 12.5. The molecule has 0 aliphatic rings. The number of hydrogen-bond acceptors (Lipinski definition) is 6. The summed E-state index contributed by atoms with van der Waals surface area (Å²) in [5.74, 6) is -1.29. The second kappa shape index (κ2) is 14.6. The molecule has 2 radical (unpaired) electrons. The van der Waals surface area contributed by atoms with Crippen LogP contribution >= 0.6 is 0 Å². The van der Waals surface area contributed by atoms with Gasteiger partial charge in [-0.1, -0.05) is 113 Å². The molecule has 0 saturated heterocycles. The zero-order valence-electron chi connectivity index (χ0n) is 23.2. The zero-order chi connectivity index (χ0) is 27.5. The van der Waals surface area contributed by atoms with E-state index < -0.39 is 28.1 Å². The Morgan fingerprint density at radius 3 is 1.35 bits per heavy atom. The van der Waals surface area contributed by atoms with Crippen molar-refractivity contribution in [2.24, 2.45) is 0 Å². The van der Waals surface area contributed by atoms with Gasteiger partial charge in [0.25, 0.3) is 0 Å². The van der Waals surface area contributed by atoms with Crippen LogP contribution in [0, 0.1) is 13.2 Å². The van der Waals surface area contributed by atoms with Crippen molar-refractivity contribution in [3.05, 3.63) is 72.9 Å². The summed E-state index contributed by atoms with van der Waals surface area (Å²) in [5.41, 5.74) is 0.739.